The number of rotatable bonds is 3. The summed E-state index contributed by atoms with van der Waals surface area (Å²) in [6, 6.07) is 0. The van der Waals surface area contributed by atoms with Crippen molar-refractivity contribution < 1.29 is 22.6 Å². The summed E-state index contributed by atoms with van der Waals surface area (Å²) in [5.41, 5.74) is 0. The zero-order chi connectivity index (χ0) is 9.07. The van der Waals surface area contributed by atoms with Crippen LogP contribution in [0.4, 0.5) is 13.2 Å². The van der Waals surface area contributed by atoms with Crippen LogP contribution in [-0.4, -0.2) is 38.9 Å². The molecule has 0 saturated carbocycles. The largest absolute Gasteiger partial charge is 0.463 e. The quantitative estimate of drug-likeness (QED) is 0.469. The highest BCUT2D eigenvalue weighted by Crippen LogP contribution is 2.21. The molecule has 0 unspecified atom stereocenters. The predicted octanol–water partition coefficient (Wildman–Crippen LogP) is 1.01. The van der Waals surface area contributed by atoms with Gasteiger partial charge in [0.2, 0.25) is 6.41 Å². The first-order valence-corrected chi connectivity index (χ1v) is 2.78. The van der Waals surface area contributed by atoms with Crippen LogP contribution in [0.15, 0.2) is 0 Å². The fourth-order valence-electron chi connectivity index (χ4n) is 0.532. The second-order valence-corrected chi connectivity index (χ2v) is 1.86. The van der Waals surface area contributed by atoms with Crippen molar-refractivity contribution in [2.24, 2.45) is 0 Å². The van der Waals surface area contributed by atoms with E-state index in [0.29, 0.717) is 0 Å². The Bertz CT molecular complexity index is 113. The summed E-state index contributed by atoms with van der Waals surface area (Å²) in [4.78, 5) is 0.0208. The lowest BCUT2D eigenvalue weighted by molar-refractivity contribution is -0.327. The molecular formula is C5H10F3NO2. The molecule has 0 fully saturated rings. The van der Waals surface area contributed by atoms with Crippen LogP contribution in [0.3, 0.4) is 0 Å². The number of hydrogen-bond acceptors (Lipinski definition) is 3. The van der Waals surface area contributed by atoms with E-state index in [1.165, 1.54) is 0 Å². The van der Waals surface area contributed by atoms with Gasteiger partial charge in [-0.25, -0.2) is 0 Å². The highest BCUT2D eigenvalue weighted by molar-refractivity contribution is 4.50. The Morgan fingerprint density at radius 2 is 1.55 bits per heavy atom. The summed E-state index contributed by atoms with van der Waals surface area (Å²) in [5.74, 6) is 0. The van der Waals surface area contributed by atoms with E-state index < -0.39 is 12.7 Å². The second-order valence-electron chi connectivity index (χ2n) is 1.86. The van der Waals surface area contributed by atoms with Gasteiger partial charge in [0.05, 0.1) is 0 Å². The van der Waals surface area contributed by atoms with Crippen molar-refractivity contribution >= 4 is 0 Å². The summed E-state index contributed by atoms with van der Waals surface area (Å²) >= 11 is 0. The number of nitrogens with zero attached hydrogens (tertiary/aromatic N) is 1. The zero-order valence-corrected chi connectivity index (χ0v) is 6.47. The number of alkyl halides is 3. The van der Waals surface area contributed by atoms with Gasteiger partial charge >= 0.3 is 6.30 Å². The first-order chi connectivity index (χ1) is 4.93. The maximum absolute atomic E-state index is 11.8. The van der Waals surface area contributed by atoms with Crippen molar-refractivity contribution in [3.8, 4) is 0 Å². The van der Waals surface area contributed by atoms with E-state index in [2.05, 4.69) is 9.47 Å². The van der Waals surface area contributed by atoms with Crippen LogP contribution in [-0.2, 0) is 9.47 Å². The molecule has 0 spiro atoms. The van der Waals surface area contributed by atoms with Crippen molar-refractivity contribution in [2.45, 2.75) is 12.7 Å². The topological polar surface area (TPSA) is 21.7 Å². The van der Waals surface area contributed by atoms with E-state index in [-0.39, 0.29) is 4.90 Å². The summed E-state index contributed by atoms with van der Waals surface area (Å²) in [7, 11) is 3.12. The van der Waals surface area contributed by atoms with Crippen molar-refractivity contribution in [1.82, 2.24) is 4.90 Å². The minimum absolute atomic E-state index is 0.0208. The van der Waals surface area contributed by atoms with Crippen LogP contribution in [0, 0.1) is 0 Å². The van der Waals surface area contributed by atoms with Gasteiger partial charge in [-0.1, -0.05) is 0 Å². The van der Waals surface area contributed by atoms with Gasteiger partial charge in [-0.05, 0) is 7.05 Å². The molecule has 0 saturated heterocycles. The molecule has 0 radical (unpaired) electrons. The monoisotopic (exact) mass is 173 g/mol. The molecule has 0 aliphatic carbocycles. The van der Waals surface area contributed by atoms with E-state index in [4.69, 9.17) is 0 Å². The Morgan fingerprint density at radius 1 is 1.18 bits per heavy atom. The number of ether oxygens (including phenoxy) is 2. The summed E-state index contributed by atoms with van der Waals surface area (Å²) < 4.78 is 44.3. The molecule has 11 heavy (non-hydrogen) atoms. The lowest BCUT2D eigenvalue weighted by Gasteiger charge is -2.26. The Hall–Kier alpha value is -0.330. The van der Waals surface area contributed by atoms with Crippen LogP contribution in [0.1, 0.15) is 0 Å². The van der Waals surface area contributed by atoms with Crippen LogP contribution < -0.4 is 0 Å². The van der Waals surface area contributed by atoms with Gasteiger partial charge in [0.25, 0.3) is 0 Å². The first-order valence-electron chi connectivity index (χ1n) is 2.78. The molecule has 0 N–H and O–H groups in total. The van der Waals surface area contributed by atoms with Crippen molar-refractivity contribution in [1.29, 1.82) is 0 Å². The van der Waals surface area contributed by atoms with Gasteiger partial charge in [0.1, 0.15) is 0 Å². The maximum Gasteiger partial charge on any atom is 0.463 e. The molecule has 0 atom stereocenters. The normalized spacial score (nSPS) is 13.1. The Morgan fingerprint density at radius 3 is 1.64 bits per heavy atom. The summed E-state index contributed by atoms with van der Waals surface area (Å²) in [6.07, 6.45) is -5.81. The Kier molecular flexibility index (Phi) is 3.77. The van der Waals surface area contributed by atoms with Gasteiger partial charge < -0.3 is 9.47 Å². The highest BCUT2D eigenvalue weighted by Gasteiger charge is 2.39. The lowest BCUT2D eigenvalue weighted by Crippen LogP contribution is -2.44. The zero-order valence-electron chi connectivity index (χ0n) is 6.47. The van der Waals surface area contributed by atoms with Crippen LogP contribution >= 0.6 is 0 Å². The predicted molar refractivity (Wildman–Crippen MR) is 31.6 cm³/mol. The van der Waals surface area contributed by atoms with Gasteiger partial charge in [-0.2, -0.15) is 18.1 Å². The van der Waals surface area contributed by atoms with E-state index in [0.717, 1.165) is 21.3 Å². The standard InChI is InChI=1S/C5H10F3NO2/c1-9(5(6,7)8)4(10-2)11-3/h4H,1-3H3. The van der Waals surface area contributed by atoms with Crippen molar-refractivity contribution in [3.63, 3.8) is 0 Å². The fraction of sp³-hybridized carbons (Fsp3) is 1.00. The minimum Gasteiger partial charge on any atom is -0.343 e. The third-order valence-electron chi connectivity index (χ3n) is 1.12. The second kappa shape index (κ2) is 3.89. The molecule has 0 amide bonds. The molecular weight excluding hydrogens is 163 g/mol. The van der Waals surface area contributed by atoms with E-state index in [1.807, 2.05) is 0 Å². The molecule has 0 rings (SSSR count). The summed E-state index contributed by atoms with van der Waals surface area (Å²) in [5, 5.41) is 0. The van der Waals surface area contributed by atoms with Gasteiger partial charge in [-0.15, -0.1) is 0 Å². The Balaban J connectivity index is 4.09. The molecule has 0 aromatic carbocycles. The first kappa shape index (κ1) is 10.7. The van der Waals surface area contributed by atoms with E-state index in [1.54, 1.807) is 0 Å². The number of hydrogen-bond donors (Lipinski definition) is 0. The van der Waals surface area contributed by atoms with Crippen LogP contribution in [0.25, 0.3) is 0 Å². The third-order valence-corrected chi connectivity index (χ3v) is 1.12. The average molecular weight is 173 g/mol. The number of halogens is 3. The van der Waals surface area contributed by atoms with Crippen LogP contribution in [0.5, 0.6) is 0 Å². The third kappa shape index (κ3) is 3.04. The van der Waals surface area contributed by atoms with E-state index in [9.17, 15) is 13.2 Å². The van der Waals surface area contributed by atoms with Crippen molar-refractivity contribution in [3.05, 3.63) is 0 Å². The van der Waals surface area contributed by atoms with E-state index >= 15 is 0 Å². The lowest BCUT2D eigenvalue weighted by atomic mass is 10.8. The molecule has 0 aliphatic heterocycles. The van der Waals surface area contributed by atoms with Gasteiger partial charge in [0, 0.05) is 14.2 Å². The molecule has 0 bridgehead atoms. The SMILES string of the molecule is COC(OC)N(C)C(F)(F)F. The fourth-order valence-corrected chi connectivity index (χ4v) is 0.532. The summed E-state index contributed by atoms with van der Waals surface area (Å²) in [6.45, 7) is 0. The smallest absolute Gasteiger partial charge is 0.343 e. The molecule has 0 aromatic heterocycles. The average Bonchev–Trinajstić information content (AvgIpc) is 1.88. The highest BCUT2D eigenvalue weighted by atomic mass is 19.4. The van der Waals surface area contributed by atoms with Gasteiger partial charge in [0.15, 0.2) is 0 Å². The molecule has 6 heteroatoms. The van der Waals surface area contributed by atoms with Crippen molar-refractivity contribution in [2.75, 3.05) is 21.3 Å². The molecule has 0 aromatic rings. The Labute approximate surface area is 62.7 Å². The number of methoxy groups -OCH3 is 2. The molecule has 3 nitrogen and oxygen atoms in total. The molecule has 0 aliphatic rings. The molecule has 68 valence electrons. The molecule has 0 heterocycles. The minimum atomic E-state index is -4.43. The van der Waals surface area contributed by atoms with Gasteiger partial charge in [-0.3, -0.25) is 0 Å². The maximum atomic E-state index is 11.8. The van der Waals surface area contributed by atoms with Crippen LogP contribution in [0.2, 0.25) is 0 Å².